The fourth-order valence-electron chi connectivity index (χ4n) is 5.51. The molecule has 0 radical (unpaired) electrons. The summed E-state index contributed by atoms with van der Waals surface area (Å²) in [4.78, 5) is 0. The van der Waals surface area contributed by atoms with Crippen molar-refractivity contribution in [1.29, 1.82) is 5.26 Å². The number of benzene rings is 3. The molecule has 3 aromatic rings. The van der Waals surface area contributed by atoms with Gasteiger partial charge < -0.3 is 13.8 Å². The van der Waals surface area contributed by atoms with Crippen LogP contribution in [-0.4, -0.2) is 43.6 Å². The first-order valence-corrected chi connectivity index (χ1v) is 16.8. The Kier molecular flexibility index (Phi) is 15.2. The van der Waals surface area contributed by atoms with Gasteiger partial charge in [-0.3, -0.25) is 5.32 Å². The van der Waals surface area contributed by atoms with Crippen molar-refractivity contribution in [3.8, 4) is 11.8 Å². The van der Waals surface area contributed by atoms with Gasteiger partial charge in [0.2, 0.25) is 0 Å². The molecule has 0 aliphatic heterocycles. The Balaban J connectivity index is 1.58. The molecule has 3 rings (SSSR count). The second kappa shape index (κ2) is 18.8. The first-order valence-electron chi connectivity index (χ1n) is 15.7. The van der Waals surface area contributed by atoms with E-state index in [0.29, 0.717) is 31.7 Å². The van der Waals surface area contributed by atoms with Crippen molar-refractivity contribution in [2.45, 2.75) is 83.8 Å². The summed E-state index contributed by atoms with van der Waals surface area (Å²) < 4.78 is 20.0. The summed E-state index contributed by atoms with van der Waals surface area (Å²) in [6.07, 6.45) is 5.88. The van der Waals surface area contributed by atoms with Crippen LogP contribution in [0.1, 0.15) is 82.9 Å². The molecule has 0 aliphatic carbocycles. The van der Waals surface area contributed by atoms with E-state index in [-0.39, 0.29) is 0 Å². The predicted molar refractivity (Wildman–Crippen MR) is 178 cm³/mol. The zero-order chi connectivity index (χ0) is 30.9. The number of ether oxygens (including phenoxy) is 1. The van der Waals surface area contributed by atoms with Gasteiger partial charge in [-0.2, -0.15) is 5.26 Å². The molecule has 1 atom stereocenters. The van der Waals surface area contributed by atoms with E-state index in [1.807, 2.05) is 12.1 Å². The summed E-state index contributed by atoms with van der Waals surface area (Å²) >= 11 is 0. The molecule has 0 fully saturated rings. The highest BCUT2D eigenvalue weighted by Gasteiger charge is 2.35. The largest absolute Gasteiger partial charge is 0.497 e. The fourth-order valence-corrected chi connectivity index (χ4v) is 7.14. The van der Waals surface area contributed by atoms with Crippen molar-refractivity contribution < 1.29 is 13.8 Å². The SMILES string of the molecule is COc1ccc(C(NCCCCCCCOP(OCCC#N)N(C(C)C)C(C)C)(c2ccccc2)c2ccccc2)cc1. The van der Waals surface area contributed by atoms with Crippen molar-refractivity contribution in [2.75, 3.05) is 26.9 Å². The minimum atomic E-state index is -1.16. The maximum Gasteiger partial charge on any atom is 0.259 e. The van der Waals surface area contributed by atoms with Gasteiger partial charge >= 0.3 is 0 Å². The van der Waals surface area contributed by atoms with Crippen LogP contribution in [0.25, 0.3) is 0 Å². The molecular weight excluding hydrogens is 553 g/mol. The predicted octanol–water partition coefficient (Wildman–Crippen LogP) is 8.82. The number of nitriles is 1. The summed E-state index contributed by atoms with van der Waals surface area (Å²) in [6, 6.07) is 32.7. The van der Waals surface area contributed by atoms with Crippen molar-refractivity contribution in [3.63, 3.8) is 0 Å². The maximum absolute atomic E-state index is 8.92. The van der Waals surface area contributed by atoms with Crippen LogP contribution in [0.5, 0.6) is 5.75 Å². The molecule has 232 valence electrons. The molecule has 7 heteroatoms. The Morgan fingerprint density at radius 3 is 1.77 bits per heavy atom. The Hall–Kier alpha value is -2.78. The molecule has 0 aromatic heterocycles. The van der Waals surface area contributed by atoms with Crippen LogP contribution in [0.4, 0.5) is 0 Å². The van der Waals surface area contributed by atoms with Gasteiger partial charge in [-0.1, -0.05) is 92.1 Å². The monoisotopic (exact) mass is 603 g/mol. The number of hydrogen-bond acceptors (Lipinski definition) is 6. The van der Waals surface area contributed by atoms with Gasteiger partial charge in [0.05, 0.1) is 38.4 Å². The standard InChI is InChI=1S/C36H50N3O3P/c1-30(2)39(31(3)4)43(42-29-17-26-37)41-28-16-8-6-7-15-27-38-36(32-18-11-9-12-19-32,33-20-13-10-14-21-33)34-22-24-35(40-5)25-23-34/h9-14,18-25,30-31,38H,6-8,15-17,27-29H2,1-5H3. The summed E-state index contributed by atoms with van der Waals surface area (Å²) in [5, 5.41) is 12.9. The summed E-state index contributed by atoms with van der Waals surface area (Å²) in [6.45, 7) is 10.6. The van der Waals surface area contributed by atoms with E-state index < -0.39 is 14.1 Å². The Morgan fingerprint density at radius 2 is 1.23 bits per heavy atom. The molecule has 3 aromatic carbocycles. The molecule has 0 aliphatic rings. The lowest BCUT2D eigenvalue weighted by Crippen LogP contribution is -2.45. The van der Waals surface area contributed by atoms with Crippen LogP contribution in [0.2, 0.25) is 0 Å². The molecule has 43 heavy (non-hydrogen) atoms. The van der Waals surface area contributed by atoms with Gasteiger partial charge in [0.1, 0.15) is 5.75 Å². The maximum atomic E-state index is 8.92. The van der Waals surface area contributed by atoms with E-state index in [0.717, 1.165) is 44.4 Å². The summed E-state index contributed by atoms with van der Waals surface area (Å²) in [7, 11) is 0.542. The van der Waals surface area contributed by atoms with Gasteiger partial charge in [-0.25, -0.2) is 4.67 Å². The van der Waals surface area contributed by atoms with Crippen molar-refractivity contribution in [3.05, 3.63) is 102 Å². The number of hydrogen-bond donors (Lipinski definition) is 1. The topological polar surface area (TPSA) is 66.8 Å². The van der Waals surface area contributed by atoms with Gasteiger partial charge in [0, 0.05) is 12.1 Å². The fraction of sp³-hybridized carbons (Fsp3) is 0.472. The number of nitrogens with zero attached hydrogens (tertiary/aromatic N) is 2. The quantitative estimate of drug-likeness (QED) is 0.0791. The number of unbranched alkanes of at least 4 members (excludes halogenated alkanes) is 4. The van der Waals surface area contributed by atoms with Crippen LogP contribution in [0.15, 0.2) is 84.9 Å². The molecule has 1 unspecified atom stereocenters. The lowest BCUT2D eigenvalue weighted by Gasteiger charge is -2.37. The number of methoxy groups -OCH3 is 1. The Bertz CT molecular complexity index is 1150. The van der Waals surface area contributed by atoms with E-state index in [1.165, 1.54) is 16.7 Å². The van der Waals surface area contributed by atoms with Crippen LogP contribution in [-0.2, 0) is 14.6 Å². The average Bonchev–Trinajstić information content (AvgIpc) is 3.02. The lowest BCUT2D eigenvalue weighted by molar-refractivity contribution is 0.174. The highest BCUT2D eigenvalue weighted by atomic mass is 31.2. The zero-order valence-corrected chi connectivity index (χ0v) is 27.6. The van der Waals surface area contributed by atoms with E-state index in [1.54, 1.807) is 7.11 Å². The Labute approximate surface area is 261 Å². The number of rotatable bonds is 20. The molecule has 0 amide bonds. The van der Waals surface area contributed by atoms with Crippen molar-refractivity contribution in [1.82, 2.24) is 9.99 Å². The second-order valence-corrected chi connectivity index (χ2v) is 12.7. The van der Waals surface area contributed by atoms with E-state index in [2.05, 4.69) is 117 Å². The molecule has 6 nitrogen and oxygen atoms in total. The molecular formula is C36H50N3O3P. The average molecular weight is 604 g/mol. The third-order valence-electron chi connectivity index (χ3n) is 7.51. The lowest BCUT2D eigenvalue weighted by atomic mass is 9.77. The van der Waals surface area contributed by atoms with Crippen LogP contribution in [0.3, 0.4) is 0 Å². The molecule has 0 saturated heterocycles. The minimum Gasteiger partial charge on any atom is -0.497 e. The second-order valence-electron chi connectivity index (χ2n) is 11.3. The third-order valence-corrected chi connectivity index (χ3v) is 9.62. The highest BCUT2D eigenvalue weighted by Crippen LogP contribution is 2.46. The smallest absolute Gasteiger partial charge is 0.259 e. The first-order chi connectivity index (χ1) is 20.9. The third kappa shape index (κ3) is 10.1. The molecule has 1 N–H and O–H groups in total. The normalized spacial score (nSPS) is 12.5. The Morgan fingerprint density at radius 1 is 0.721 bits per heavy atom. The summed E-state index contributed by atoms with van der Waals surface area (Å²) in [5.74, 6) is 0.852. The molecule has 0 spiro atoms. The van der Waals surface area contributed by atoms with Gasteiger partial charge in [-0.15, -0.1) is 0 Å². The van der Waals surface area contributed by atoms with Crippen LogP contribution < -0.4 is 10.1 Å². The van der Waals surface area contributed by atoms with Crippen LogP contribution >= 0.6 is 8.53 Å². The molecule has 0 saturated carbocycles. The zero-order valence-electron chi connectivity index (χ0n) is 26.7. The summed E-state index contributed by atoms with van der Waals surface area (Å²) in [5.41, 5.74) is 3.15. The number of nitrogens with one attached hydrogen (secondary N) is 1. The van der Waals surface area contributed by atoms with Gasteiger partial charge in [-0.05, 0) is 75.9 Å². The molecule has 0 heterocycles. The van der Waals surface area contributed by atoms with E-state index in [4.69, 9.17) is 19.0 Å². The van der Waals surface area contributed by atoms with Crippen molar-refractivity contribution in [2.24, 2.45) is 0 Å². The van der Waals surface area contributed by atoms with E-state index in [9.17, 15) is 0 Å². The minimum absolute atomic E-state index is 0.317. The van der Waals surface area contributed by atoms with Gasteiger partial charge in [0.25, 0.3) is 8.53 Å². The first kappa shape index (κ1) is 34.7. The molecule has 0 bridgehead atoms. The highest BCUT2D eigenvalue weighted by molar-refractivity contribution is 7.44. The van der Waals surface area contributed by atoms with Crippen molar-refractivity contribution >= 4 is 8.53 Å². The van der Waals surface area contributed by atoms with Gasteiger partial charge in [0.15, 0.2) is 0 Å². The van der Waals surface area contributed by atoms with Crippen LogP contribution in [0, 0.1) is 11.3 Å². The van der Waals surface area contributed by atoms with E-state index >= 15 is 0 Å².